The number of amides is 1. The van der Waals surface area contributed by atoms with Crippen LogP contribution >= 0.6 is 0 Å². The van der Waals surface area contributed by atoms with Gasteiger partial charge in [0.05, 0.1) is 32.8 Å². The number of hydrogen-bond donors (Lipinski definition) is 3. The molecule has 1 amide bonds. The van der Waals surface area contributed by atoms with Gasteiger partial charge in [0, 0.05) is 41.7 Å². The zero-order valence-electron chi connectivity index (χ0n) is 30.4. The van der Waals surface area contributed by atoms with Gasteiger partial charge >= 0.3 is 29.8 Å². The highest BCUT2D eigenvalue weighted by atomic mass is 16.8. The van der Waals surface area contributed by atoms with E-state index < -0.39 is 122 Å². The molecule has 3 N–H and O–H groups in total. The molecule has 1 aromatic carbocycles. The van der Waals surface area contributed by atoms with Crippen LogP contribution in [0.2, 0.25) is 0 Å². The van der Waals surface area contributed by atoms with Crippen LogP contribution < -0.4 is 5.32 Å². The first-order valence-corrected chi connectivity index (χ1v) is 16.5. The van der Waals surface area contributed by atoms with E-state index in [-0.39, 0.29) is 6.61 Å². The summed E-state index contributed by atoms with van der Waals surface area (Å²) in [7, 11) is 2.24. The molecular weight excluding hydrogens is 710 g/mol. The number of carbonyl (C=O) groups excluding carboxylic acids is 6. The summed E-state index contributed by atoms with van der Waals surface area (Å²) in [4.78, 5) is 75.1. The summed E-state index contributed by atoms with van der Waals surface area (Å²) in [5, 5.41) is 24.8. The molecule has 0 aromatic heterocycles. The van der Waals surface area contributed by atoms with E-state index in [1.807, 2.05) is 0 Å². The molecule has 2 saturated heterocycles. The fourth-order valence-corrected chi connectivity index (χ4v) is 5.96. The van der Waals surface area contributed by atoms with Crippen LogP contribution in [0.15, 0.2) is 30.3 Å². The van der Waals surface area contributed by atoms with Crippen LogP contribution in [-0.2, 0) is 82.7 Å². The van der Waals surface area contributed by atoms with Gasteiger partial charge in [-0.2, -0.15) is 0 Å². The number of nitrogens with one attached hydrogen (secondary N) is 1. The van der Waals surface area contributed by atoms with Crippen LogP contribution in [0.5, 0.6) is 0 Å². The van der Waals surface area contributed by atoms with Crippen molar-refractivity contribution in [1.29, 1.82) is 0 Å². The number of methoxy groups -OCH3 is 2. The molecule has 19 nitrogen and oxygen atoms in total. The predicted octanol–water partition coefficient (Wildman–Crippen LogP) is -0.797. The van der Waals surface area contributed by atoms with Crippen molar-refractivity contribution in [3.8, 4) is 0 Å². The number of esters is 5. The number of aliphatic hydroxyl groups is 2. The molecule has 2 heterocycles. The molecule has 2 aliphatic rings. The van der Waals surface area contributed by atoms with Gasteiger partial charge in [0.15, 0.2) is 18.5 Å². The third-order valence-electron chi connectivity index (χ3n) is 8.14. The van der Waals surface area contributed by atoms with Gasteiger partial charge in [-0.05, 0) is 5.56 Å². The molecule has 19 heteroatoms. The van der Waals surface area contributed by atoms with E-state index >= 15 is 0 Å². The molecule has 53 heavy (non-hydrogen) atoms. The third kappa shape index (κ3) is 11.9. The first-order valence-electron chi connectivity index (χ1n) is 16.5. The Morgan fingerprint density at radius 3 is 2.11 bits per heavy atom. The lowest BCUT2D eigenvalue weighted by Crippen LogP contribution is -2.69. The molecule has 3 rings (SSSR count). The van der Waals surface area contributed by atoms with Crippen LogP contribution in [0, 0.1) is 0 Å². The summed E-state index contributed by atoms with van der Waals surface area (Å²) in [6, 6.07) is 7.50. The topological polar surface area (TPSA) is 247 Å². The average Bonchev–Trinajstić information content (AvgIpc) is 3.09. The maximum Gasteiger partial charge on any atom is 0.366 e. The second-order valence-electron chi connectivity index (χ2n) is 12.3. The molecule has 0 radical (unpaired) electrons. The van der Waals surface area contributed by atoms with Gasteiger partial charge in [-0.1, -0.05) is 30.3 Å². The van der Waals surface area contributed by atoms with Crippen LogP contribution in [0.1, 0.15) is 46.6 Å². The highest BCUT2D eigenvalue weighted by Gasteiger charge is 2.60. The standard InChI is InChI=1S/C34H47NO18/c1-17(36)35-26-23(49-19(3)38)13-34(33(43)45-7,53-30(26)29(51-21(5)40)25(50-20(4)39)15-46-18(2)37)48-16-24-27(41)31(28(42)32(44-6)52-24)47-14-22-11-9-8-10-12-22/h8-12,23-32,41-42H,13-16H2,1-7H3,(H,35,36)/t23-,24+,25+,26+,27-,28+,29-,30+,31-,32+,34-/m0/s1. The average molecular weight is 758 g/mol. The second kappa shape index (κ2) is 19.7. The molecule has 0 spiro atoms. The zero-order valence-corrected chi connectivity index (χ0v) is 30.4. The van der Waals surface area contributed by atoms with Gasteiger partial charge in [-0.3, -0.25) is 24.0 Å². The normalized spacial score (nSPS) is 29.5. The Kier molecular flexibility index (Phi) is 16.1. The molecular formula is C34H47NO18. The summed E-state index contributed by atoms with van der Waals surface area (Å²) in [5.41, 5.74) is 0.736. The predicted molar refractivity (Wildman–Crippen MR) is 174 cm³/mol. The number of hydrogen-bond acceptors (Lipinski definition) is 18. The van der Waals surface area contributed by atoms with Gasteiger partial charge in [0.25, 0.3) is 5.79 Å². The lowest BCUT2D eigenvalue weighted by Gasteiger charge is -2.49. The quantitative estimate of drug-likeness (QED) is 0.138. The van der Waals surface area contributed by atoms with E-state index in [0.717, 1.165) is 47.3 Å². The van der Waals surface area contributed by atoms with E-state index in [1.54, 1.807) is 30.3 Å². The molecule has 0 aliphatic carbocycles. The summed E-state index contributed by atoms with van der Waals surface area (Å²) in [5.74, 6) is -7.99. The first-order chi connectivity index (χ1) is 25.0. The monoisotopic (exact) mass is 757 g/mol. The van der Waals surface area contributed by atoms with Gasteiger partial charge in [-0.25, -0.2) is 4.79 Å². The minimum Gasteiger partial charge on any atom is -0.465 e. The van der Waals surface area contributed by atoms with Crippen molar-refractivity contribution in [3.05, 3.63) is 35.9 Å². The Bertz CT molecular complexity index is 1430. The van der Waals surface area contributed by atoms with Gasteiger partial charge < -0.3 is 62.9 Å². The van der Waals surface area contributed by atoms with Crippen molar-refractivity contribution < 1.29 is 86.3 Å². The highest BCUT2D eigenvalue weighted by Crippen LogP contribution is 2.38. The molecule has 0 unspecified atom stereocenters. The summed E-state index contributed by atoms with van der Waals surface area (Å²) < 4.78 is 55.8. The molecule has 2 aliphatic heterocycles. The van der Waals surface area contributed by atoms with E-state index in [9.17, 15) is 39.0 Å². The van der Waals surface area contributed by atoms with Gasteiger partial charge in [0.1, 0.15) is 43.2 Å². The Morgan fingerprint density at radius 1 is 0.906 bits per heavy atom. The highest BCUT2D eigenvalue weighted by molar-refractivity contribution is 5.79. The molecule has 1 aromatic rings. The molecule has 296 valence electrons. The van der Waals surface area contributed by atoms with Crippen LogP contribution in [-0.4, -0.2) is 140 Å². The fourth-order valence-electron chi connectivity index (χ4n) is 5.96. The Hall–Kier alpha value is -4.24. The summed E-state index contributed by atoms with van der Waals surface area (Å²) in [6.07, 6.45) is -14.3. The van der Waals surface area contributed by atoms with E-state index in [2.05, 4.69) is 5.32 Å². The third-order valence-corrected chi connectivity index (χ3v) is 8.14. The van der Waals surface area contributed by atoms with Crippen molar-refractivity contribution in [2.75, 3.05) is 27.4 Å². The molecule has 0 bridgehead atoms. The van der Waals surface area contributed by atoms with Gasteiger partial charge in [-0.15, -0.1) is 0 Å². The zero-order chi connectivity index (χ0) is 39.5. The number of carbonyl (C=O) groups is 6. The first kappa shape index (κ1) is 43.2. The van der Waals surface area contributed by atoms with E-state index in [4.69, 9.17) is 47.4 Å². The molecule has 2 fully saturated rings. The van der Waals surface area contributed by atoms with Crippen molar-refractivity contribution in [2.24, 2.45) is 0 Å². The Balaban J connectivity index is 2.08. The Labute approximate surface area is 305 Å². The number of rotatable bonds is 16. The van der Waals surface area contributed by atoms with Crippen molar-refractivity contribution in [3.63, 3.8) is 0 Å². The minimum atomic E-state index is -2.57. The molecule has 0 saturated carbocycles. The van der Waals surface area contributed by atoms with Crippen LogP contribution in [0.4, 0.5) is 0 Å². The lowest BCUT2D eigenvalue weighted by atomic mass is 9.87. The maximum absolute atomic E-state index is 13.7. The van der Waals surface area contributed by atoms with Gasteiger partial charge in [0.2, 0.25) is 5.91 Å². The fraction of sp³-hybridized carbons (Fsp3) is 0.647. The smallest absolute Gasteiger partial charge is 0.366 e. The Morgan fingerprint density at radius 2 is 1.57 bits per heavy atom. The number of aliphatic hydroxyl groups excluding tert-OH is 2. The van der Waals surface area contributed by atoms with Crippen LogP contribution in [0.25, 0.3) is 0 Å². The van der Waals surface area contributed by atoms with E-state index in [1.165, 1.54) is 7.11 Å². The minimum absolute atomic E-state index is 0.0104. The van der Waals surface area contributed by atoms with E-state index in [0.29, 0.717) is 0 Å². The largest absolute Gasteiger partial charge is 0.465 e. The summed E-state index contributed by atoms with van der Waals surface area (Å²) >= 11 is 0. The maximum atomic E-state index is 13.7. The lowest BCUT2D eigenvalue weighted by molar-refractivity contribution is -0.340. The number of benzene rings is 1. The van der Waals surface area contributed by atoms with Crippen molar-refractivity contribution in [2.45, 2.75) is 115 Å². The second-order valence-corrected chi connectivity index (χ2v) is 12.3. The number of ether oxygens (including phenoxy) is 10. The van der Waals surface area contributed by atoms with Crippen molar-refractivity contribution in [1.82, 2.24) is 5.32 Å². The molecule has 11 atom stereocenters. The SMILES string of the molecule is COC(=O)[C@]1(OC[C@H]2O[C@@H](OC)[C@H](O)[C@@H](OCc3ccccc3)[C@H]2O)C[C@H](OC(C)=O)[C@@H](NC(C)=O)[C@H]([C@@H](OC(C)=O)[C@@H](COC(C)=O)OC(C)=O)O1. The van der Waals surface area contributed by atoms with Crippen LogP contribution in [0.3, 0.4) is 0 Å². The summed E-state index contributed by atoms with van der Waals surface area (Å²) in [6.45, 7) is 3.91. The van der Waals surface area contributed by atoms with Crippen molar-refractivity contribution >= 4 is 35.8 Å².